The highest BCUT2D eigenvalue weighted by molar-refractivity contribution is 7.92. The number of nitrogen functional groups attached to an aromatic ring is 1. The normalized spacial score (nSPS) is 15.2. The molecule has 1 aromatic heterocycles. The van der Waals surface area contributed by atoms with Crippen molar-refractivity contribution < 1.29 is 16.8 Å². The summed E-state index contributed by atoms with van der Waals surface area (Å²) in [4.78, 5) is 10.1. The van der Waals surface area contributed by atoms with Crippen LogP contribution in [0.25, 0.3) is 22.2 Å². The van der Waals surface area contributed by atoms with E-state index in [0.29, 0.717) is 22.2 Å². The molecule has 1 atom stereocenters. The van der Waals surface area contributed by atoms with E-state index in [-0.39, 0.29) is 30.6 Å². The Morgan fingerprint density at radius 2 is 1.91 bits per heavy atom. The molecule has 0 fully saturated rings. The number of rotatable bonds is 7. The van der Waals surface area contributed by atoms with Gasteiger partial charge in [-0.2, -0.15) is 5.11 Å². The number of nitrogens with one attached hydrogen (secondary N) is 2. The van der Waals surface area contributed by atoms with Crippen molar-refractivity contribution in [3.8, 4) is 11.1 Å². The van der Waals surface area contributed by atoms with E-state index < -0.39 is 35.9 Å². The van der Waals surface area contributed by atoms with Crippen LogP contribution in [0.1, 0.15) is 12.5 Å². The van der Waals surface area contributed by atoms with Crippen LogP contribution in [0.3, 0.4) is 0 Å². The number of benzene rings is 2. The second-order valence-corrected chi connectivity index (χ2v) is 10.6. The maximum atomic E-state index is 13.0. The minimum Gasteiger partial charge on any atom is -0.369 e. The van der Waals surface area contributed by atoms with Crippen LogP contribution in [0.15, 0.2) is 55.3 Å². The van der Waals surface area contributed by atoms with Crippen molar-refractivity contribution in [2.75, 3.05) is 18.9 Å². The standard InChI is InChI=1S/C18H21N9O4S2/c1-9(19)7-24-33(30,31)13-6-5-10(11-3-2-4-12-15(11)26-18(20)25-12)14(16(13)32(21,28)29)17-22-8-23-27-17/h2-6,9,24H,7-8,19H2,1H3,(H3,20,25,26)(H2,21,28,29)/t9-/m1/s1. The summed E-state index contributed by atoms with van der Waals surface area (Å²) < 4.78 is 53.9. The van der Waals surface area contributed by atoms with E-state index in [1.165, 1.54) is 6.07 Å². The fourth-order valence-corrected chi connectivity index (χ4v) is 6.19. The topological polar surface area (TPSA) is 224 Å². The van der Waals surface area contributed by atoms with Gasteiger partial charge in [-0.15, -0.1) is 5.11 Å². The molecule has 0 amide bonds. The van der Waals surface area contributed by atoms with Gasteiger partial charge in [0.2, 0.25) is 20.0 Å². The number of nitrogens with zero attached hydrogens (tertiary/aromatic N) is 4. The van der Waals surface area contributed by atoms with Crippen LogP contribution >= 0.6 is 0 Å². The first-order valence-electron chi connectivity index (χ1n) is 9.61. The zero-order valence-corrected chi connectivity index (χ0v) is 19.0. The van der Waals surface area contributed by atoms with Gasteiger partial charge >= 0.3 is 0 Å². The Balaban J connectivity index is 2.09. The molecule has 0 saturated carbocycles. The average molecular weight is 492 g/mol. The summed E-state index contributed by atoms with van der Waals surface area (Å²) in [6.07, 6.45) is 0. The maximum absolute atomic E-state index is 13.0. The monoisotopic (exact) mass is 491 g/mol. The number of para-hydroxylation sites is 1. The lowest BCUT2D eigenvalue weighted by molar-refractivity contribution is 0.567. The van der Waals surface area contributed by atoms with E-state index in [0.717, 1.165) is 6.07 Å². The van der Waals surface area contributed by atoms with E-state index in [4.69, 9.17) is 16.6 Å². The van der Waals surface area contributed by atoms with E-state index in [9.17, 15) is 16.8 Å². The number of fused-ring (bicyclic) bond motifs is 1. The van der Waals surface area contributed by atoms with E-state index in [1.54, 1.807) is 25.1 Å². The number of amidine groups is 1. The molecular weight excluding hydrogens is 470 g/mol. The van der Waals surface area contributed by atoms with Gasteiger partial charge < -0.3 is 16.5 Å². The second kappa shape index (κ2) is 8.27. The predicted molar refractivity (Wildman–Crippen MR) is 122 cm³/mol. The number of nitrogens with two attached hydrogens (primary N) is 3. The Hall–Kier alpha value is -3.24. The molecule has 1 aliphatic heterocycles. The predicted octanol–water partition coefficient (Wildman–Crippen LogP) is 0.255. The Bertz CT molecular complexity index is 1520. The number of hydrogen-bond acceptors (Lipinski definition) is 10. The highest BCUT2D eigenvalue weighted by Crippen LogP contribution is 2.37. The van der Waals surface area contributed by atoms with Crippen molar-refractivity contribution in [2.45, 2.75) is 22.8 Å². The van der Waals surface area contributed by atoms with Gasteiger partial charge in [0.1, 0.15) is 9.79 Å². The Kier molecular flexibility index (Phi) is 5.75. The lowest BCUT2D eigenvalue weighted by atomic mass is 9.97. The smallest absolute Gasteiger partial charge is 0.241 e. The molecule has 3 aromatic rings. The molecule has 0 radical (unpaired) electrons. The number of hydrogen-bond donors (Lipinski definition) is 5. The molecule has 8 N–H and O–H groups in total. The van der Waals surface area contributed by atoms with Gasteiger partial charge in [0.15, 0.2) is 18.5 Å². The number of sulfonamides is 2. The second-order valence-electron chi connectivity index (χ2n) is 7.38. The number of primary sulfonamides is 1. The van der Waals surface area contributed by atoms with Gasteiger partial charge in [-0.1, -0.05) is 18.2 Å². The molecular formula is C18H21N9O4S2. The number of azo groups is 1. The summed E-state index contributed by atoms with van der Waals surface area (Å²) >= 11 is 0. The molecule has 4 rings (SSSR count). The number of aliphatic imine (C=N–C) groups is 1. The van der Waals surface area contributed by atoms with Crippen LogP contribution in [0.4, 0.5) is 5.95 Å². The number of H-pyrrole nitrogens is 1. The zero-order chi connectivity index (χ0) is 24.0. The molecule has 0 bridgehead atoms. The Morgan fingerprint density at radius 3 is 2.55 bits per heavy atom. The number of aromatic nitrogens is 2. The molecule has 2 aromatic carbocycles. The Morgan fingerprint density at radius 1 is 1.15 bits per heavy atom. The maximum Gasteiger partial charge on any atom is 0.241 e. The molecule has 0 unspecified atom stereocenters. The highest BCUT2D eigenvalue weighted by atomic mass is 32.2. The summed E-state index contributed by atoms with van der Waals surface area (Å²) in [5.74, 6) is 0.0849. The molecule has 0 aliphatic carbocycles. The third-order valence-corrected chi connectivity index (χ3v) is 7.37. The summed E-state index contributed by atoms with van der Waals surface area (Å²) in [6.45, 7) is 1.44. The average Bonchev–Trinajstić information content (AvgIpc) is 3.39. The molecule has 1 aliphatic rings. The van der Waals surface area contributed by atoms with Gasteiger partial charge in [-0.05, 0) is 24.6 Å². The van der Waals surface area contributed by atoms with Crippen molar-refractivity contribution >= 4 is 42.9 Å². The lowest BCUT2D eigenvalue weighted by Gasteiger charge is -2.18. The fourth-order valence-electron chi connectivity index (χ4n) is 3.45. The van der Waals surface area contributed by atoms with Crippen LogP contribution in [-0.4, -0.2) is 51.9 Å². The third-order valence-electron chi connectivity index (χ3n) is 4.78. The molecule has 2 heterocycles. The number of imidazole rings is 1. The SMILES string of the molecule is C[C@@H](N)CNS(=O)(=O)c1ccc(-c2cccc3[nH]c(N)nc23)c(C2=NCN=N2)c1S(N)(=O)=O. The third kappa shape index (κ3) is 4.36. The molecule has 0 saturated heterocycles. The largest absolute Gasteiger partial charge is 0.369 e. The van der Waals surface area contributed by atoms with Crippen LogP contribution in [0.5, 0.6) is 0 Å². The highest BCUT2D eigenvalue weighted by Gasteiger charge is 2.33. The van der Waals surface area contributed by atoms with Gasteiger partial charge in [-0.25, -0.2) is 36.7 Å². The first-order chi connectivity index (χ1) is 15.5. The van der Waals surface area contributed by atoms with Gasteiger partial charge in [0.25, 0.3) is 0 Å². The van der Waals surface area contributed by atoms with Crippen molar-refractivity contribution in [1.82, 2.24) is 14.7 Å². The van der Waals surface area contributed by atoms with Crippen LogP contribution < -0.4 is 21.3 Å². The van der Waals surface area contributed by atoms with Crippen molar-refractivity contribution in [3.05, 3.63) is 35.9 Å². The molecule has 15 heteroatoms. The van der Waals surface area contributed by atoms with E-state index in [1.807, 2.05) is 0 Å². The minimum absolute atomic E-state index is 0.0434. The summed E-state index contributed by atoms with van der Waals surface area (Å²) in [5, 5.41) is 13.2. The summed E-state index contributed by atoms with van der Waals surface area (Å²) in [7, 11) is -8.90. The van der Waals surface area contributed by atoms with E-state index >= 15 is 0 Å². The van der Waals surface area contributed by atoms with Crippen molar-refractivity contribution in [1.29, 1.82) is 0 Å². The van der Waals surface area contributed by atoms with E-state index in [2.05, 4.69) is 29.9 Å². The van der Waals surface area contributed by atoms with Crippen molar-refractivity contribution in [3.63, 3.8) is 0 Å². The van der Waals surface area contributed by atoms with Crippen LogP contribution in [0.2, 0.25) is 0 Å². The summed E-state index contributed by atoms with van der Waals surface area (Å²) in [6, 6.07) is 7.23. The minimum atomic E-state index is -4.59. The first kappa shape index (κ1) is 22.9. The van der Waals surface area contributed by atoms with Crippen LogP contribution in [0, 0.1) is 0 Å². The zero-order valence-electron chi connectivity index (χ0n) is 17.3. The van der Waals surface area contributed by atoms with Gasteiger partial charge in [0.05, 0.1) is 16.6 Å². The number of aromatic amines is 1. The van der Waals surface area contributed by atoms with Crippen LogP contribution in [-0.2, 0) is 20.0 Å². The van der Waals surface area contributed by atoms with Crippen molar-refractivity contribution in [2.24, 2.45) is 26.1 Å². The molecule has 174 valence electrons. The molecule has 0 spiro atoms. The first-order valence-corrected chi connectivity index (χ1v) is 12.6. The fraction of sp³-hybridized carbons (Fsp3) is 0.222. The number of anilines is 1. The van der Waals surface area contributed by atoms with Gasteiger partial charge in [0, 0.05) is 18.2 Å². The molecule has 33 heavy (non-hydrogen) atoms. The lowest BCUT2D eigenvalue weighted by Crippen LogP contribution is -2.36. The summed E-state index contributed by atoms with van der Waals surface area (Å²) in [5.41, 5.74) is 13.1. The van der Waals surface area contributed by atoms with Gasteiger partial charge in [-0.3, -0.25) is 0 Å². The molecule has 13 nitrogen and oxygen atoms in total. The Labute approximate surface area is 189 Å². The quantitative estimate of drug-likeness (QED) is 0.309.